The molecule has 0 amide bonds. The highest BCUT2D eigenvalue weighted by Crippen LogP contribution is 2.14. The number of aromatic nitrogens is 2. The fraction of sp³-hybridized carbons (Fsp3) is 0.400. The Hall–Kier alpha value is -1.48. The number of alkyl halides is 1. The molecule has 1 heterocycles. The number of para-hydroxylation sites is 1. The lowest BCUT2D eigenvalue weighted by Gasteiger charge is -2.12. The van der Waals surface area contributed by atoms with Crippen molar-refractivity contribution >= 4 is 11.6 Å². The third kappa shape index (κ3) is 2.47. The standard InChI is InChI=1S/C15H19ClN2O/c1-3-14-13(10-11-16)15(19)18(17(14)4-2)12-8-6-5-7-9-12/h5-9H,3-4,10-11H2,1-2H3. The van der Waals surface area contributed by atoms with Gasteiger partial charge in [0.15, 0.2) is 0 Å². The SMILES string of the molecule is CCc1c(CCCl)c(=O)n(-c2ccccc2)n1CC. The fourth-order valence-corrected chi connectivity index (χ4v) is 2.73. The molecular formula is C15H19ClN2O. The predicted molar refractivity (Wildman–Crippen MR) is 79.5 cm³/mol. The molecule has 0 fully saturated rings. The molecule has 2 rings (SSSR count). The Bertz CT molecular complexity index is 599. The minimum atomic E-state index is 0.0607. The molecule has 2 aromatic rings. The minimum Gasteiger partial charge on any atom is -0.282 e. The summed E-state index contributed by atoms with van der Waals surface area (Å²) >= 11 is 5.83. The molecule has 0 radical (unpaired) electrons. The molecule has 1 aromatic heterocycles. The lowest BCUT2D eigenvalue weighted by molar-refractivity contribution is 0.550. The highest BCUT2D eigenvalue weighted by molar-refractivity contribution is 6.18. The van der Waals surface area contributed by atoms with Crippen LogP contribution in [0.25, 0.3) is 5.69 Å². The largest absolute Gasteiger partial charge is 0.282 e. The van der Waals surface area contributed by atoms with Crippen LogP contribution in [0.2, 0.25) is 0 Å². The molecule has 0 unspecified atom stereocenters. The van der Waals surface area contributed by atoms with Crippen LogP contribution in [0, 0.1) is 0 Å². The Morgan fingerprint density at radius 3 is 2.37 bits per heavy atom. The van der Waals surface area contributed by atoms with Crippen LogP contribution in [0.3, 0.4) is 0 Å². The topological polar surface area (TPSA) is 26.9 Å². The van der Waals surface area contributed by atoms with Gasteiger partial charge in [-0.25, -0.2) is 4.68 Å². The number of rotatable bonds is 5. The molecule has 102 valence electrons. The first-order valence-corrected chi connectivity index (χ1v) is 7.22. The van der Waals surface area contributed by atoms with Crippen molar-refractivity contribution in [1.29, 1.82) is 0 Å². The molecule has 0 saturated carbocycles. The van der Waals surface area contributed by atoms with Crippen molar-refractivity contribution in [3.8, 4) is 5.69 Å². The summed E-state index contributed by atoms with van der Waals surface area (Å²) in [7, 11) is 0. The maximum atomic E-state index is 12.6. The van der Waals surface area contributed by atoms with Crippen molar-refractivity contribution in [3.05, 3.63) is 51.9 Å². The van der Waals surface area contributed by atoms with E-state index in [1.165, 1.54) is 0 Å². The zero-order valence-electron chi connectivity index (χ0n) is 11.4. The normalized spacial score (nSPS) is 10.9. The third-order valence-corrected chi connectivity index (χ3v) is 3.52. The summed E-state index contributed by atoms with van der Waals surface area (Å²) in [6, 6.07) is 9.76. The summed E-state index contributed by atoms with van der Waals surface area (Å²) in [5.41, 5.74) is 2.91. The van der Waals surface area contributed by atoms with Gasteiger partial charge >= 0.3 is 0 Å². The molecule has 0 N–H and O–H groups in total. The molecule has 19 heavy (non-hydrogen) atoms. The van der Waals surface area contributed by atoms with E-state index in [0.717, 1.165) is 29.9 Å². The van der Waals surface area contributed by atoms with Crippen molar-refractivity contribution in [3.63, 3.8) is 0 Å². The lowest BCUT2D eigenvalue weighted by Crippen LogP contribution is -2.22. The average molecular weight is 279 g/mol. The third-order valence-electron chi connectivity index (χ3n) is 3.33. The average Bonchev–Trinajstić information content (AvgIpc) is 2.72. The zero-order chi connectivity index (χ0) is 13.8. The van der Waals surface area contributed by atoms with Gasteiger partial charge in [0.2, 0.25) is 0 Å². The Morgan fingerprint density at radius 2 is 1.84 bits per heavy atom. The van der Waals surface area contributed by atoms with Gasteiger partial charge in [0.1, 0.15) is 0 Å². The zero-order valence-corrected chi connectivity index (χ0v) is 12.2. The number of nitrogens with zero attached hydrogens (tertiary/aromatic N) is 2. The number of hydrogen-bond donors (Lipinski definition) is 0. The molecule has 0 bridgehead atoms. The molecule has 0 spiro atoms. The van der Waals surface area contributed by atoms with Gasteiger partial charge in [0.25, 0.3) is 5.56 Å². The van der Waals surface area contributed by atoms with E-state index in [4.69, 9.17) is 11.6 Å². The van der Waals surface area contributed by atoms with Crippen LogP contribution >= 0.6 is 11.6 Å². The maximum Gasteiger partial charge on any atom is 0.274 e. The smallest absolute Gasteiger partial charge is 0.274 e. The van der Waals surface area contributed by atoms with Crippen LogP contribution in [-0.2, 0) is 19.4 Å². The maximum absolute atomic E-state index is 12.6. The number of hydrogen-bond acceptors (Lipinski definition) is 1. The number of halogens is 1. The quantitative estimate of drug-likeness (QED) is 0.773. The van der Waals surface area contributed by atoms with Gasteiger partial charge in [0.05, 0.1) is 5.69 Å². The molecule has 0 aliphatic rings. The predicted octanol–water partition coefficient (Wildman–Crippen LogP) is 3.00. The first-order chi connectivity index (χ1) is 9.24. The molecule has 0 atom stereocenters. The molecule has 3 nitrogen and oxygen atoms in total. The van der Waals surface area contributed by atoms with Crippen LogP contribution in [0.4, 0.5) is 0 Å². The molecule has 4 heteroatoms. The first kappa shape index (κ1) is 13.9. The summed E-state index contributed by atoms with van der Waals surface area (Å²) < 4.78 is 3.82. The Morgan fingerprint density at radius 1 is 1.16 bits per heavy atom. The van der Waals surface area contributed by atoms with E-state index in [1.807, 2.05) is 30.3 Å². The second kappa shape index (κ2) is 6.11. The van der Waals surface area contributed by atoms with Gasteiger partial charge in [-0.3, -0.25) is 9.48 Å². The van der Waals surface area contributed by atoms with E-state index in [0.29, 0.717) is 12.3 Å². The second-order valence-electron chi connectivity index (χ2n) is 4.39. The van der Waals surface area contributed by atoms with Gasteiger partial charge in [-0.05, 0) is 31.9 Å². The Balaban J connectivity index is 2.70. The van der Waals surface area contributed by atoms with Crippen molar-refractivity contribution in [1.82, 2.24) is 9.36 Å². The minimum absolute atomic E-state index is 0.0607. The van der Waals surface area contributed by atoms with Crippen molar-refractivity contribution < 1.29 is 0 Å². The van der Waals surface area contributed by atoms with Crippen LogP contribution in [0.5, 0.6) is 0 Å². The molecular weight excluding hydrogens is 260 g/mol. The van der Waals surface area contributed by atoms with Crippen molar-refractivity contribution in [2.75, 3.05) is 5.88 Å². The van der Waals surface area contributed by atoms with E-state index in [2.05, 4.69) is 18.5 Å². The monoisotopic (exact) mass is 278 g/mol. The molecule has 0 aliphatic carbocycles. The van der Waals surface area contributed by atoms with E-state index < -0.39 is 0 Å². The van der Waals surface area contributed by atoms with Gasteiger partial charge in [-0.2, -0.15) is 0 Å². The van der Waals surface area contributed by atoms with Crippen LogP contribution in [0.1, 0.15) is 25.1 Å². The van der Waals surface area contributed by atoms with E-state index >= 15 is 0 Å². The van der Waals surface area contributed by atoms with Gasteiger partial charge in [-0.1, -0.05) is 25.1 Å². The first-order valence-electron chi connectivity index (χ1n) is 6.69. The Kier molecular flexibility index (Phi) is 4.48. The fourth-order valence-electron chi connectivity index (χ4n) is 2.54. The number of benzene rings is 1. The van der Waals surface area contributed by atoms with E-state index in [-0.39, 0.29) is 5.56 Å². The second-order valence-corrected chi connectivity index (χ2v) is 4.76. The van der Waals surface area contributed by atoms with Crippen LogP contribution in [0.15, 0.2) is 35.1 Å². The highest BCUT2D eigenvalue weighted by Gasteiger charge is 2.18. The summed E-state index contributed by atoms with van der Waals surface area (Å²) in [6.45, 7) is 4.91. The summed E-state index contributed by atoms with van der Waals surface area (Å²) in [5, 5.41) is 0. The summed E-state index contributed by atoms with van der Waals surface area (Å²) in [4.78, 5) is 12.6. The van der Waals surface area contributed by atoms with Gasteiger partial charge in [0, 0.05) is 23.7 Å². The van der Waals surface area contributed by atoms with Gasteiger partial charge < -0.3 is 0 Å². The van der Waals surface area contributed by atoms with Crippen molar-refractivity contribution in [2.24, 2.45) is 0 Å². The highest BCUT2D eigenvalue weighted by atomic mass is 35.5. The van der Waals surface area contributed by atoms with Crippen LogP contribution < -0.4 is 5.56 Å². The summed E-state index contributed by atoms with van der Waals surface area (Å²) in [6.07, 6.45) is 1.47. The molecule has 0 saturated heterocycles. The van der Waals surface area contributed by atoms with E-state index in [1.54, 1.807) is 4.68 Å². The molecule has 0 aliphatic heterocycles. The van der Waals surface area contributed by atoms with Crippen molar-refractivity contribution in [2.45, 2.75) is 33.2 Å². The molecule has 1 aromatic carbocycles. The summed E-state index contributed by atoms with van der Waals surface area (Å²) in [5.74, 6) is 0.477. The Labute approximate surface area is 118 Å². The van der Waals surface area contributed by atoms with E-state index in [9.17, 15) is 4.79 Å². The van der Waals surface area contributed by atoms with Crippen LogP contribution in [-0.4, -0.2) is 15.2 Å². The van der Waals surface area contributed by atoms with Gasteiger partial charge in [-0.15, -0.1) is 11.6 Å². The lowest BCUT2D eigenvalue weighted by atomic mass is 10.1.